The smallest absolute Gasteiger partial charge is 0.444 e. The molecular formula is C22H35BN2O6S. The topological polar surface area (TPSA) is 94.2 Å². The number of rotatable bonds is 4. The van der Waals surface area contributed by atoms with Crippen molar-refractivity contribution in [3.05, 3.63) is 24.3 Å². The lowest BCUT2D eigenvalue weighted by atomic mass is 9.79. The van der Waals surface area contributed by atoms with E-state index in [1.807, 2.05) is 48.5 Å². The molecule has 10 heteroatoms. The number of hydrogen-bond donors (Lipinski definition) is 1. The van der Waals surface area contributed by atoms with E-state index in [-0.39, 0.29) is 17.0 Å². The molecule has 2 aliphatic heterocycles. The van der Waals surface area contributed by atoms with Crippen LogP contribution in [-0.2, 0) is 24.1 Å². The normalized spacial score (nSPS) is 21.6. The highest BCUT2D eigenvalue weighted by molar-refractivity contribution is 7.89. The highest BCUT2D eigenvalue weighted by Crippen LogP contribution is 2.36. The summed E-state index contributed by atoms with van der Waals surface area (Å²) in [5.74, 6) is 0. The third-order valence-corrected chi connectivity index (χ3v) is 7.72. The van der Waals surface area contributed by atoms with Crippen molar-refractivity contribution >= 4 is 28.7 Å². The van der Waals surface area contributed by atoms with Crippen molar-refractivity contribution in [2.45, 2.75) is 89.0 Å². The largest absolute Gasteiger partial charge is 0.494 e. The van der Waals surface area contributed by atoms with E-state index >= 15 is 0 Å². The molecule has 0 bridgehead atoms. The predicted molar refractivity (Wildman–Crippen MR) is 123 cm³/mol. The number of carbonyl (C=O) groups excluding carboxylic acids is 1. The van der Waals surface area contributed by atoms with E-state index in [0.717, 1.165) is 5.46 Å². The maximum atomic E-state index is 12.9. The molecule has 0 spiro atoms. The van der Waals surface area contributed by atoms with E-state index < -0.39 is 33.9 Å². The quantitative estimate of drug-likeness (QED) is 0.686. The zero-order valence-corrected chi connectivity index (χ0v) is 20.9. The van der Waals surface area contributed by atoms with Crippen molar-refractivity contribution < 1.29 is 27.3 Å². The number of amides is 1. The van der Waals surface area contributed by atoms with Crippen molar-refractivity contribution in [3.63, 3.8) is 0 Å². The van der Waals surface area contributed by atoms with Gasteiger partial charge in [0.25, 0.3) is 0 Å². The van der Waals surface area contributed by atoms with Crippen molar-refractivity contribution in [3.8, 4) is 0 Å². The molecule has 1 aromatic rings. The van der Waals surface area contributed by atoms with Gasteiger partial charge in [-0.25, -0.2) is 17.9 Å². The Morgan fingerprint density at radius 2 is 1.56 bits per heavy atom. The first-order valence-electron chi connectivity index (χ1n) is 11.1. The summed E-state index contributed by atoms with van der Waals surface area (Å²) in [4.78, 5) is 14.0. The van der Waals surface area contributed by atoms with Crippen molar-refractivity contribution in [1.29, 1.82) is 0 Å². The fourth-order valence-corrected chi connectivity index (χ4v) is 4.88. The van der Waals surface area contributed by atoms with Crippen LogP contribution in [0.5, 0.6) is 0 Å². The molecule has 0 atom stereocenters. The van der Waals surface area contributed by atoms with Gasteiger partial charge in [-0.05, 0) is 78.9 Å². The molecular weight excluding hydrogens is 431 g/mol. The molecule has 1 amide bonds. The molecule has 32 heavy (non-hydrogen) atoms. The van der Waals surface area contributed by atoms with Crippen LogP contribution in [0, 0.1) is 0 Å². The lowest BCUT2D eigenvalue weighted by molar-refractivity contribution is 0.00578. The molecule has 8 nitrogen and oxygen atoms in total. The molecule has 178 valence electrons. The van der Waals surface area contributed by atoms with E-state index in [0.29, 0.717) is 25.9 Å². The molecule has 2 saturated heterocycles. The van der Waals surface area contributed by atoms with E-state index in [2.05, 4.69) is 4.72 Å². The van der Waals surface area contributed by atoms with Gasteiger partial charge in [0.1, 0.15) is 5.60 Å². The lowest BCUT2D eigenvalue weighted by Gasteiger charge is -2.33. The molecule has 0 saturated carbocycles. The Bertz CT molecular complexity index is 916. The predicted octanol–water partition coefficient (Wildman–Crippen LogP) is 2.66. The van der Waals surface area contributed by atoms with Gasteiger partial charge in [0.2, 0.25) is 10.0 Å². The Hall–Kier alpha value is -1.62. The van der Waals surface area contributed by atoms with Crippen LogP contribution in [0.25, 0.3) is 0 Å². The number of nitrogens with zero attached hydrogens (tertiary/aromatic N) is 1. The summed E-state index contributed by atoms with van der Waals surface area (Å²) in [6, 6.07) is 6.35. The summed E-state index contributed by atoms with van der Waals surface area (Å²) < 4.78 is 45.9. The highest BCUT2D eigenvalue weighted by atomic mass is 32.2. The first-order valence-corrected chi connectivity index (χ1v) is 12.5. The molecule has 0 aliphatic carbocycles. The third kappa shape index (κ3) is 5.65. The standard InChI is InChI=1S/C22H35BN2O6S/c1-20(2,3)29-19(26)25-14-12-17(13-15-25)24-32(27,28)18-10-8-16(9-11-18)23-30-21(4,5)22(6,7)31-23/h8-11,17,24H,12-15H2,1-7H3. The first-order chi connectivity index (χ1) is 14.6. The van der Waals surface area contributed by atoms with Gasteiger partial charge in [-0.15, -0.1) is 0 Å². The van der Waals surface area contributed by atoms with Crippen LogP contribution >= 0.6 is 0 Å². The van der Waals surface area contributed by atoms with Gasteiger partial charge >= 0.3 is 13.2 Å². The molecule has 0 aromatic heterocycles. The molecule has 1 aromatic carbocycles. The number of hydrogen-bond acceptors (Lipinski definition) is 6. The second kappa shape index (κ2) is 8.63. The van der Waals surface area contributed by atoms with Crippen LogP contribution in [0.2, 0.25) is 0 Å². The lowest BCUT2D eigenvalue weighted by Crippen LogP contribution is -2.47. The Morgan fingerprint density at radius 3 is 2.03 bits per heavy atom. The average molecular weight is 466 g/mol. The highest BCUT2D eigenvalue weighted by Gasteiger charge is 2.51. The van der Waals surface area contributed by atoms with Crippen LogP contribution in [-0.4, -0.2) is 62.5 Å². The van der Waals surface area contributed by atoms with Crippen molar-refractivity contribution in [2.24, 2.45) is 0 Å². The van der Waals surface area contributed by atoms with Gasteiger partial charge < -0.3 is 18.9 Å². The fourth-order valence-electron chi connectivity index (χ4n) is 3.58. The van der Waals surface area contributed by atoms with Crippen LogP contribution in [0.3, 0.4) is 0 Å². The van der Waals surface area contributed by atoms with Gasteiger partial charge in [0.05, 0.1) is 16.1 Å². The minimum absolute atomic E-state index is 0.187. The summed E-state index contributed by atoms with van der Waals surface area (Å²) in [7, 11) is -4.22. The zero-order valence-electron chi connectivity index (χ0n) is 20.1. The summed E-state index contributed by atoms with van der Waals surface area (Å²) >= 11 is 0. The maximum Gasteiger partial charge on any atom is 0.494 e. The summed E-state index contributed by atoms with van der Waals surface area (Å²) in [5.41, 5.74) is -0.703. The van der Waals surface area contributed by atoms with E-state index in [9.17, 15) is 13.2 Å². The second-order valence-corrected chi connectivity index (χ2v) is 12.2. The van der Waals surface area contributed by atoms with Crippen LogP contribution in [0.1, 0.15) is 61.3 Å². The average Bonchev–Trinajstić information content (AvgIpc) is 2.88. The zero-order chi connectivity index (χ0) is 23.9. The first kappa shape index (κ1) is 25.0. The molecule has 3 rings (SSSR count). The number of ether oxygens (including phenoxy) is 1. The summed E-state index contributed by atoms with van der Waals surface area (Å²) in [6.07, 6.45) is 0.701. The minimum Gasteiger partial charge on any atom is -0.444 e. The molecule has 2 heterocycles. The number of sulfonamides is 1. The Kier molecular flexibility index (Phi) is 6.74. The van der Waals surface area contributed by atoms with Gasteiger partial charge in [-0.3, -0.25) is 0 Å². The van der Waals surface area contributed by atoms with Crippen LogP contribution in [0.15, 0.2) is 29.2 Å². The number of benzene rings is 1. The van der Waals surface area contributed by atoms with Crippen molar-refractivity contribution in [1.82, 2.24) is 9.62 Å². The monoisotopic (exact) mass is 466 g/mol. The fraction of sp³-hybridized carbons (Fsp3) is 0.682. The Balaban J connectivity index is 1.58. The molecule has 1 N–H and O–H groups in total. The summed E-state index contributed by atoms with van der Waals surface area (Å²) in [5, 5.41) is 0. The second-order valence-electron chi connectivity index (χ2n) is 10.5. The van der Waals surface area contributed by atoms with E-state index in [4.69, 9.17) is 14.0 Å². The number of nitrogens with one attached hydrogen (secondary N) is 1. The van der Waals surface area contributed by atoms with Gasteiger partial charge in [-0.1, -0.05) is 12.1 Å². The molecule has 0 radical (unpaired) electrons. The maximum absolute atomic E-state index is 12.9. The Morgan fingerprint density at radius 1 is 1.06 bits per heavy atom. The molecule has 2 aliphatic rings. The molecule has 2 fully saturated rings. The number of piperidine rings is 1. The van der Waals surface area contributed by atoms with Crippen molar-refractivity contribution in [2.75, 3.05) is 13.1 Å². The van der Waals surface area contributed by atoms with Crippen LogP contribution < -0.4 is 10.2 Å². The third-order valence-electron chi connectivity index (χ3n) is 6.18. The number of carbonyl (C=O) groups is 1. The SMILES string of the molecule is CC(C)(C)OC(=O)N1CCC(NS(=O)(=O)c2ccc(B3OC(C)(C)C(C)(C)O3)cc2)CC1. The van der Waals surface area contributed by atoms with Gasteiger partial charge in [-0.2, -0.15) is 0 Å². The molecule has 0 unspecified atom stereocenters. The number of likely N-dealkylation sites (tertiary alicyclic amines) is 1. The Labute approximate surface area is 192 Å². The van der Waals surface area contributed by atoms with E-state index in [1.165, 1.54) is 0 Å². The van der Waals surface area contributed by atoms with E-state index in [1.54, 1.807) is 29.2 Å². The van der Waals surface area contributed by atoms with Gasteiger partial charge in [0, 0.05) is 19.1 Å². The summed E-state index contributed by atoms with van der Waals surface area (Å²) in [6.45, 7) is 14.3. The van der Waals surface area contributed by atoms with Crippen LogP contribution in [0.4, 0.5) is 4.79 Å². The van der Waals surface area contributed by atoms with Gasteiger partial charge in [0.15, 0.2) is 0 Å². The minimum atomic E-state index is -3.68.